The van der Waals surface area contributed by atoms with Crippen LogP contribution in [0, 0.1) is 11.6 Å². The highest BCUT2D eigenvalue weighted by atomic mass is 19.1. The number of ether oxygens (including phenoxy) is 1. The van der Waals surface area contributed by atoms with Crippen molar-refractivity contribution in [1.29, 1.82) is 0 Å². The SMILES string of the molecule is CCc1ccc2c(CC(=O)O[C@H](C)C(=O)Nc3ccc(F)cc3F)coc2c1. The number of halogens is 2. The van der Waals surface area contributed by atoms with Gasteiger partial charge in [-0.1, -0.05) is 19.1 Å². The van der Waals surface area contributed by atoms with Gasteiger partial charge in [0.1, 0.15) is 17.2 Å². The number of hydrogen-bond donors (Lipinski definition) is 1. The minimum Gasteiger partial charge on any atom is -0.464 e. The largest absolute Gasteiger partial charge is 0.464 e. The highest BCUT2D eigenvalue weighted by Crippen LogP contribution is 2.23. The molecule has 0 spiro atoms. The summed E-state index contributed by atoms with van der Waals surface area (Å²) < 4.78 is 37.2. The van der Waals surface area contributed by atoms with Crippen LogP contribution in [-0.4, -0.2) is 18.0 Å². The summed E-state index contributed by atoms with van der Waals surface area (Å²) in [6.45, 7) is 3.41. The van der Waals surface area contributed by atoms with Crippen LogP contribution in [0.15, 0.2) is 47.1 Å². The quantitative estimate of drug-likeness (QED) is 0.637. The molecule has 0 unspecified atom stereocenters. The number of carbonyl (C=O) groups is 2. The summed E-state index contributed by atoms with van der Waals surface area (Å²) >= 11 is 0. The molecule has 3 aromatic rings. The van der Waals surface area contributed by atoms with Crippen molar-refractivity contribution >= 4 is 28.5 Å². The molecule has 0 radical (unpaired) electrons. The van der Waals surface area contributed by atoms with Crippen LogP contribution in [0.25, 0.3) is 11.0 Å². The maximum absolute atomic E-state index is 13.6. The van der Waals surface area contributed by atoms with Crippen molar-refractivity contribution in [3.8, 4) is 0 Å². The third-order valence-corrected chi connectivity index (χ3v) is 4.33. The number of anilines is 1. The van der Waals surface area contributed by atoms with E-state index in [2.05, 4.69) is 5.32 Å². The van der Waals surface area contributed by atoms with Crippen molar-refractivity contribution in [2.45, 2.75) is 32.8 Å². The van der Waals surface area contributed by atoms with Gasteiger partial charge in [0.15, 0.2) is 6.10 Å². The maximum Gasteiger partial charge on any atom is 0.311 e. The third-order valence-electron chi connectivity index (χ3n) is 4.33. The molecule has 0 fully saturated rings. The van der Waals surface area contributed by atoms with E-state index in [0.717, 1.165) is 29.5 Å². The molecule has 0 aliphatic heterocycles. The molecule has 146 valence electrons. The second-order valence-corrected chi connectivity index (χ2v) is 6.37. The van der Waals surface area contributed by atoms with E-state index in [1.165, 1.54) is 13.2 Å². The minimum absolute atomic E-state index is 0.0685. The molecule has 1 amide bonds. The van der Waals surface area contributed by atoms with E-state index >= 15 is 0 Å². The molecule has 0 saturated heterocycles. The summed E-state index contributed by atoms with van der Waals surface area (Å²) in [6.07, 6.45) is 1.14. The van der Waals surface area contributed by atoms with E-state index in [0.29, 0.717) is 17.2 Å². The summed E-state index contributed by atoms with van der Waals surface area (Å²) in [6, 6.07) is 8.52. The fourth-order valence-corrected chi connectivity index (χ4v) is 2.76. The van der Waals surface area contributed by atoms with Crippen molar-refractivity contribution in [1.82, 2.24) is 0 Å². The number of fused-ring (bicyclic) bond motifs is 1. The van der Waals surface area contributed by atoms with E-state index < -0.39 is 29.6 Å². The van der Waals surface area contributed by atoms with Crippen LogP contribution in [0.4, 0.5) is 14.5 Å². The van der Waals surface area contributed by atoms with Crippen molar-refractivity contribution in [2.24, 2.45) is 0 Å². The van der Waals surface area contributed by atoms with Gasteiger partial charge in [0.2, 0.25) is 0 Å². The molecule has 5 nitrogen and oxygen atoms in total. The normalized spacial score (nSPS) is 12.0. The number of hydrogen-bond acceptors (Lipinski definition) is 4. The molecular formula is C21H19F2NO4. The Morgan fingerprint density at radius 2 is 1.96 bits per heavy atom. The Bertz CT molecular complexity index is 1030. The van der Waals surface area contributed by atoms with Gasteiger partial charge in [0, 0.05) is 17.0 Å². The molecule has 7 heteroatoms. The average molecular weight is 387 g/mol. The first-order valence-corrected chi connectivity index (χ1v) is 8.81. The lowest BCUT2D eigenvalue weighted by atomic mass is 10.1. The fourth-order valence-electron chi connectivity index (χ4n) is 2.76. The smallest absolute Gasteiger partial charge is 0.311 e. The number of amides is 1. The fraction of sp³-hybridized carbons (Fsp3) is 0.238. The number of esters is 1. The number of benzene rings is 2. The van der Waals surface area contributed by atoms with Crippen LogP contribution in [0.5, 0.6) is 0 Å². The van der Waals surface area contributed by atoms with Gasteiger partial charge in [-0.2, -0.15) is 0 Å². The predicted molar refractivity (Wildman–Crippen MR) is 99.8 cm³/mol. The maximum atomic E-state index is 13.6. The van der Waals surface area contributed by atoms with E-state index in [9.17, 15) is 18.4 Å². The van der Waals surface area contributed by atoms with E-state index in [1.54, 1.807) is 0 Å². The second-order valence-electron chi connectivity index (χ2n) is 6.37. The van der Waals surface area contributed by atoms with Crippen LogP contribution in [-0.2, 0) is 27.2 Å². The Labute approximate surface area is 160 Å². The highest BCUT2D eigenvalue weighted by Gasteiger charge is 2.20. The molecule has 1 aromatic heterocycles. The molecule has 0 aliphatic carbocycles. The van der Waals surface area contributed by atoms with Crippen LogP contribution in [0.3, 0.4) is 0 Å². The van der Waals surface area contributed by atoms with Crippen molar-refractivity contribution in [3.63, 3.8) is 0 Å². The minimum atomic E-state index is -1.15. The van der Waals surface area contributed by atoms with Gasteiger partial charge >= 0.3 is 5.97 Å². The number of aryl methyl sites for hydroxylation is 1. The predicted octanol–water partition coefficient (Wildman–Crippen LogP) is 4.39. The van der Waals surface area contributed by atoms with Crippen LogP contribution in [0.2, 0.25) is 0 Å². The molecule has 2 aromatic carbocycles. The summed E-state index contributed by atoms with van der Waals surface area (Å²) in [4.78, 5) is 24.3. The first-order chi connectivity index (χ1) is 13.4. The molecule has 28 heavy (non-hydrogen) atoms. The molecule has 1 heterocycles. The number of nitrogens with one attached hydrogen (secondary N) is 1. The van der Waals surface area contributed by atoms with Gasteiger partial charge in [-0.15, -0.1) is 0 Å². The summed E-state index contributed by atoms with van der Waals surface area (Å²) in [5, 5.41) is 3.07. The van der Waals surface area contributed by atoms with Crippen LogP contribution in [0.1, 0.15) is 25.0 Å². The standard InChI is InChI=1S/C21H19F2NO4/c1-3-13-4-6-16-14(11-27-19(16)8-13)9-20(25)28-12(2)21(26)24-18-7-5-15(22)10-17(18)23/h4-8,10-12H,3,9H2,1-2H3,(H,24,26)/t12-/m1/s1. The second kappa shape index (κ2) is 8.21. The van der Waals surface area contributed by atoms with E-state index in [-0.39, 0.29) is 12.1 Å². The summed E-state index contributed by atoms with van der Waals surface area (Å²) in [7, 11) is 0. The molecule has 3 rings (SSSR count). The van der Waals surface area contributed by atoms with Gasteiger partial charge in [-0.3, -0.25) is 9.59 Å². The molecule has 1 atom stereocenters. The monoisotopic (exact) mass is 387 g/mol. The Morgan fingerprint density at radius 3 is 2.68 bits per heavy atom. The van der Waals surface area contributed by atoms with Crippen LogP contribution >= 0.6 is 0 Å². The highest BCUT2D eigenvalue weighted by molar-refractivity contribution is 5.95. The zero-order valence-electron chi connectivity index (χ0n) is 15.4. The van der Waals surface area contributed by atoms with Gasteiger partial charge < -0.3 is 14.5 Å². The Hall–Kier alpha value is -3.22. The number of rotatable bonds is 6. The van der Waals surface area contributed by atoms with Gasteiger partial charge in [0.25, 0.3) is 5.91 Å². The Kier molecular flexibility index (Phi) is 5.73. The average Bonchev–Trinajstić information content (AvgIpc) is 3.05. The third kappa shape index (κ3) is 4.36. The topological polar surface area (TPSA) is 68.5 Å². The molecule has 0 aliphatic rings. The Morgan fingerprint density at radius 1 is 1.18 bits per heavy atom. The van der Waals surface area contributed by atoms with E-state index in [1.807, 2.05) is 25.1 Å². The zero-order valence-corrected chi connectivity index (χ0v) is 15.4. The summed E-state index contributed by atoms with van der Waals surface area (Å²) in [5.74, 6) is -3.01. The van der Waals surface area contributed by atoms with E-state index in [4.69, 9.17) is 9.15 Å². The molecule has 1 N–H and O–H groups in total. The molecular weight excluding hydrogens is 368 g/mol. The Balaban J connectivity index is 1.61. The van der Waals surface area contributed by atoms with Crippen molar-refractivity contribution in [2.75, 3.05) is 5.32 Å². The van der Waals surface area contributed by atoms with Crippen molar-refractivity contribution in [3.05, 3.63) is 65.4 Å². The molecule has 0 saturated carbocycles. The first kappa shape index (κ1) is 19.5. The first-order valence-electron chi connectivity index (χ1n) is 8.81. The zero-order chi connectivity index (χ0) is 20.3. The molecule has 0 bridgehead atoms. The lowest BCUT2D eigenvalue weighted by molar-refractivity contribution is -0.152. The lowest BCUT2D eigenvalue weighted by Gasteiger charge is -2.13. The number of furan rings is 1. The van der Waals surface area contributed by atoms with Gasteiger partial charge in [-0.05, 0) is 37.1 Å². The lowest BCUT2D eigenvalue weighted by Crippen LogP contribution is -2.30. The van der Waals surface area contributed by atoms with Gasteiger partial charge in [0.05, 0.1) is 18.4 Å². The number of carbonyl (C=O) groups excluding carboxylic acids is 2. The van der Waals surface area contributed by atoms with Crippen molar-refractivity contribution < 1.29 is 27.5 Å². The van der Waals surface area contributed by atoms with Crippen LogP contribution < -0.4 is 5.32 Å². The summed E-state index contributed by atoms with van der Waals surface area (Å²) in [5.41, 5.74) is 2.26. The van der Waals surface area contributed by atoms with Gasteiger partial charge in [-0.25, -0.2) is 8.78 Å².